The van der Waals surface area contributed by atoms with Crippen molar-refractivity contribution in [2.75, 3.05) is 0 Å². The van der Waals surface area contributed by atoms with E-state index in [1.807, 2.05) is 48.9 Å². The number of amides is 1. The number of fused-ring (bicyclic) bond motifs is 1. The van der Waals surface area contributed by atoms with Gasteiger partial charge in [0.1, 0.15) is 0 Å². The van der Waals surface area contributed by atoms with Gasteiger partial charge >= 0.3 is 0 Å². The molecular formula is C19H22N4O. The zero-order valence-corrected chi connectivity index (χ0v) is 14.4. The number of hydrogen-bond acceptors (Lipinski definition) is 3. The Morgan fingerprint density at radius 2 is 1.92 bits per heavy atom. The highest BCUT2D eigenvalue weighted by Crippen LogP contribution is 2.19. The summed E-state index contributed by atoms with van der Waals surface area (Å²) in [6.07, 6.45) is 3.37. The zero-order valence-electron chi connectivity index (χ0n) is 14.4. The predicted octanol–water partition coefficient (Wildman–Crippen LogP) is 3.81. The lowest BCUT2D eigenvalue weighted by molar-refractivity contribution is 0.0939. The number of rotatable bonds is 4. The van der Waals surface area contributed by atoms with Crippen molar-refractivity contribution in [2.24, 2.45) is 0 Å². The van der Waals surface area contributed by atoms with Crippen LogP contribution in [-0.4, -0.2) is 20.7 Å². The summed E-state index contributed by atoms with van der Waals surface area (Å²) >= 11 is 0. The molecule has 1 unspecified atom stereocenters. The number of aromatic nitrogens is 3. The van der Waals surface area contributed by atoms with Gasteiger partial charge in [-0.25, -0.2) is 9.67 Å². The highest BCUT2D eigenvalue weighted by molar-refractivity contribution is 5.97. The Bertz CT molecular complexity index is 882. The van der Waals surface area contributed by atoms with Crippen LogP contribution in [0.1, 0.15) is 54.3 Å². The van der Waals surface area contributed by atoms with Crippen LogP contribution in [0.3, 0.4) is 0 Å². The third kappa shape index (κ3) is 3.02. The Morgan fingerprint density at radius 1 is 1.17 bits per heavy atom. The molecule has 2 aromatic heterocycles. The van der Waals surface area contributed by atoms with Crippen molar-refractivity contribution < 1.29 is 4.79 Å². The molecule has 5 nitrogen and oxygen atoms in total. The first-order valence-electron chi connectivity index (χ1n) is 8.17. The van der Waals surface area contributed by atoms with Crippen LogP contribution in [0.5, 0.6) is 0 Å². The summed E-state index contributed by atoms with van der Waals surface area (Å²) in [5.41, 5.74) is 3.63. The van der Waals surface area contributed by atoms with E-state index in [0.29, 0.717) is 5.56 Å². The molecule has 1 N–H and O–H groups in total. The molecule has 24 heavy (non-hydrogen) atoms. The third-order valence-corrected chi connectivity index (χ3v) is 4.19. The normalized spacial score (nSPS) is 12.5. The maximum atomic E-state index is 12.5. The van der Waals surface area contributed by atoms with Crippen LogP contribution in [0, 0.1) is 6.92 Å². The van der Waals surface area contributed by atoms with E-state index < -0.39 is 0 Å². The van der Waals surface area contributed by atoms with Crippen molar-refractivity contribution >= 4 is 16.9 Å². The molecule has 0 saturated heterocycles. The number of hydrogen-bond donors (Lipinski definition) is 1. The Hall–Kier alpha value is -2.69. The van der Waals surface area contributed by atoms with Crippen molar-refractivity contribution in [1.29, 1.82) is 0 Å². The van der Waals surface area contributed by atoms with Gasteiger partial charge in [-0.05, 0) is 44.9 Å². The van der Waals surface area contributed by atoms with Crippen LogP contribution in [0.4, 0.5) is 0 Å². The number of pyridine rings is 1. The molecule has 3 aromatic rings. The summed E-state index contributed by atoms with van der Waals surface area (Å²) in [5.74, 6) is -0.127. The summed E-state index contributed by atoms with van der Waals surface area (Å²) in [6, 6.07) is 10.1. The summed E-state index contributed by atoms with van der Waals surface area (Å²) in [6.45, 7) is 8.14. The second kappa shape index (κ2) is 6.43. The van der Waals surface area contributed by atoms with E-state index in [1.165, 1.54) is 0 Å². The van der Waals surface area contributed by atoms with Crippen LogP contribution in [0.25, 0.3) is 11.0 Å². The first-order valence-corrected chi connectivity index (χ1v) is 8.17. The molecule has 0 fully saturated rings. The van der Waals surface area contributed by atoms with Gasteiger partial charge in [-0.15, -0.1) is 0 Å². The first-order chi connectivity index (χ1) is 11.5. The van der Waals surface area contributed by atoms with Crippen LogP contribution in [0.2, 0.25) is 0 Å². The molecule has 1 aromatic carbocycles. The smallest absolute Gasteiger partial charge is 0.253 e. The van der Waals surface area contributed by atoms with Crippen LogP contribution >= 0.6 is 0 Å². The zero-order chi connectivity index (χ0) is 17.3. The highest BCUT2D eigenvalue weighted by Gasteiger charge is 2.15. The standard InChI is InChI=1S/C19H22N4O/c1-12(2)23-18-15(11-21-23)9-16(10-20-18)19(24)22-14(4)17-8-6-5-7-13(17)3/h5-12,14H,1-4H3,(H,22,24). The second-order valence-electron chi connectivity index (χ2n) is 6.37. The number of benzene rings is 1. The Morgan fingerprint density at radius 3 is 2.62 bits per heavy atom. The maximum Gasteiger partial charge on any atom is 0.253 e. The van der Waals surface area contributed by atoms with Gasteiger partial charge in [-0.3, -0.25) is 4.79 Å². The molecule has 3 rings (SSSR count). The third-order valence-electron chi connectivity index (χ3n) is 4.19. The van der Waals surface area contributed by atoms with E-state index >= 15 is 0 Å². The average molecular weight is 322 g/mol. The fourth-order valence-electron chi connectivity index (χ4n) is 2.87. The first kappa shape index (κ1) is 16.2. The van der Waals surface area contributed by atoms with Gasteiger partial charge in [-0.2, -0.15) is 5.10 Å². The van der Waals surface area contributed by atoms with Crippen LogP contribution < -0.4 is 5.32 Å². The van der Waals surface area contributed by atoms with Gasteiger partial charge in [0, 0.05) is 17.6 Å². The average Bonchev–Trinajstić information content (AvgIpc) is 2.98. The molecule has 0 aliphatic heterocycles. The summed E-state index contributed by atoms with van der Waals surface area (Å²) in [5, 5.41) is 8.25. The van der Waals surface area contributed by atoms with Crippen molar-refractivity contribution in [3.05, 3.63) is 59.4 Å². The molecule has 0 bridgehead atoms. The van der Waals surface area contributed by atoms with E-state index in [9.17, 15) is 4.79 Å². The maximum absolute atomic E-state index is 12.5. The highest BCUT2D eigenvalue weighted by atomic mass is 16.1. The van der Waals surface area contributed by atoms with Crippen molar-refractivity contribution in [3.63, 3.8) is 0 Å². The lowest BCUT2D eigenvalue weighted by Gasteiger charge is -2.16. The molecule has 0 saturated carbocycles. The van der Waals surface area contributed by atoms with Gasteiger partial charge in [0.25, 0.3) is 5.91 Å². The van der Waals surface area contributed by atoms with Gasteiger partial charge in [-0.1, -0.05) is 24.3 Å². The topological polar surface area (TPSA) is 59.8 Å². The van der Waals surface area contributed by atoms with Gasteiger partial charge < -0.3 is 5.32 Å². The summed E-state index contributed by atoms with van der Waals surface area (Å²) in [4.78, 5) is 17.0. The number of nitrogens with one attached hydrogen (secondary N) is 1. The van der Waals surface area contributed by atoms with E-state index in [1.54, 1.807) is 12.4 Å². The van der Waals surface area contributed by atoms with Gasteiger partial charge in [0.2, 0.25) is 0 Å². The molecule has 1 amide bonds. The SMILES string of the molecule is Cc1ccccc1C(C)NC(=O)c1cnc2c(cnn2C(C)C)c1. The fourth-order valence-corrected chi connectivity index (χ4v) is 2.87. The largest absolute Gasteiger partial charge is 0.345 e. The Kier molecular flexibility index (Phi) is 4.34. The van der Waals surface area contributed by atoms with E-state index in [4.69, 9.17) is 0 Å². The molecule has 0 radical (unpaired) electrons. The predicted molar refractivity (Wildman–Crippen MR) is 95.0 cm³/mol. The quantitative estimate of drug-likeness (QED) is 0.794. The van der Waals surface area contributed by atoms with E-state index in [0.717, 1.165) is 22.2 Å². The van der Waals surface area contributed by atoms with Crippen LogP contribution in [0.15, 0.2) is 42.7 Å². The Balaban J connectivity index is 1.82. The molecular weight excluding hydrogens is 300 g/mol. The molecule has 0 aliphatic carbocycles. The van der Waals surface area contributed by atoms with Gasteiger partial charge in [0.15, 0.2) is 5.65 Å². The van der Waals surface area contributed by atoms with Crippen LogP contribution in [-0.2, 0) is 0 Å². The number of nitrogens with zero attached hydrogens (tertiary/aromatic N) is 3. The molecule has 0 aliphatic rings. The molecule has 5 heteroatoms. The Labute approximate surface area is 141 Å². The number of aryl methyl sites for hydroxylation is 1. The van der Waals surface area contributed by atoms with Gasteiger partial charge in [0.05, 0.1) is 17.8 Å². The summed E-state index contributed by atoms with van der Waals surface area (Å²) in [7, 11) is 0. The lowest BCUT2D eigenvalue weighted by Crippen LogP contribution is -2.27. The number of carbonyl (C=O) groups excluding carboxylic acids is 1. The van der Waals surface area contributed by atoms with Crippen molar-refractivity contribution in [3.8, 4) is 0 Å². The molecule has 124 valence electrons. The molecule has 1 atom stereocenters. The molecule has 2 heterocycles. The van der Waals surface area contributed by atoms with Crippen molar-refractivity contribution in [1.82, 2.24) is 20.1 Å². The lowest BCUT2D eigenvalue weighted by atomic mass is 10.0. The van der Waals surface area contributed by atoms with E-state index in [2.05, 4.69) is 29.2 Å². The summed E-state index contributed by atoms with van der Waals surface area (Å²) < 4.78 is 1.85. The minimum absolute atomic E-state index is 0.0622. The minimum atomic E-state index is -0.127. The second-order valence-corrected chi connectivity index (χ2v) is 6.37. The molecule has 0 spiro atoms. The monoisotopic (exact) mass is 322 g/mol. The minimum Gasteiger partial charge on any atom is -0.345 e. The fraction of sp³-hybridized carbons (Fsp3) is 0.316. The van der Waals surface area contributed by atoms with Crippen molar-refractivity contribution in [2.45, 2.75) is 39.8 Å². The van der Waals surface area contributed by atoms with E-state index in [-0.39, 0.29) is 18.0 Å². The number of carbonyl (C=O) groups is 1.